The molecule has 44 heavy (non-hydrogen) atoms. The first-order chi connectivity index (χ1) is 20.7. The summed E-state index contributed by atoms with van der Waals surface area (Å²) in [5.41, 5.74) is 3.97. The first kappa shape index (κ1) is 30.9. The van der Waals surface area contributed by atoms with Crippen LogP contribution in [0.4, 0.5) is 33.1 Å². The molecule has 0 aliphatic carbocycles. The minimum Gasteiger partial charge on any atom is -0.492 e. The molecule has 1 atom stereocenters. The second-order valence-electron chi connectivity index (χ2n) is 11.9. The Labute approximate surface area is 256 Å². The molecule has 3 N–H and O–H groups in total. The number of rotatable bonds is 8. The summed E-state index contributed by atoms with van der Waals surface area (Å²) in [4.78, 5) is 29.0. The van der Waals surface area contributed by atoms with Crippen LogP contribution in [0.5, 0.6) is 5.75 Å². The standard InChI is InChI=1S/C31H36FN7O4S/c1-18-7-8-19(30(40)36-24-14-20(31(2,3)4)15-25(28(24)43-5)38-44(6,41)42)13-23(18)35-29-27-22(33-17-34-29)9-10-26(37-27)39-12-11-21(32)16-39/h7-10,13-15,17,21,38H,11-12,16H2,1-6H3,(H,36,40)(H,33,34,35)/t21-/m1/s1. The average molecular weight is 622 g/mol. The summed E-state index contributed by atoms with van der Waals surface area (Å²) in [7, 11) is -2.21. The van der Waals surface area contributed by atoms with Crippen LogP contribution in [0, 0.1) is 6.92 Å². The highest BCUT2D eigenvalue weighted by molar-refractivity contribution is 7.92. The van der Waals surface area contributed by atoms with Gasteiger partial charge in [0.1, 0.15) is 23.8 Å². The molecular formula is C31H36FN7O4S. The number of aromatic nitrogens is 3. The molecule has 0 saturated carbocycles. The summed E-state index contributed by atoms with van der Waals surface area (Å²) in [6.45, 7) is 8.74. The monoisotopic (exact) mass is 621 g/mol. The van der Waals surface area contributed by atoms with E-state index < -0.39 is 22.1 Å². The van der Waals surface area contributed by atoms with Gasteiger partial charge in [-0.1, -0.05) is 26.8 Å². The van der Waals surface area contributed by atoms with E-state index in [4.69, 9.17) is 9.72 Å². The van der Waals surface area contributed by atoms with Crippen LogP contribution in [0.2, 0.25) is 0 Å². The van der Waals surface area contributed by atoms with Crippen LogP contribution in [0.25, 0.3) is 11.0 Å². The number of fused-ring (bicyclic) bond motifs is 1. The maximum Gasteiger partial charge on any atom is 0.255 e. The summed E-state index contributed by atoms with van der Waals surface area (Å²) >= 11 is 0. The zero-order valence-corrected chi connectivity index (χ0v) is 26.3. The molecule has 0 radical (unpaired) electrons. The molecule has 2 aromatic heterocycles. The third-order valence-electron chi connectivity index (χ3n) is 7.38. The number of carbonyl (C=O) groups excluding carboxylic acids is 1. The Bertz CT molecular complexity index is 1840. The second-order valence-corrected chi connectivity index (χ2v) is 13.7. The number of hydrogen-bond donors (Lipinski definition) is 3. The number of carbonyl (C=O) groups is 1. The lowest BCUT2D eigenvalue weighted by Crippen LogP contribution is -2.21. The molecule has 13 heteroatoms. The van der Waals surface area contributed by atoms with Crippen LogP contribution in [-0.4, -0.2) is 61.9 Å². The summed E-state index contributed by atoms with van der Waals surface area (Å²) in [6, 6.07) is 12.3. The number of nitrogens with one attached hydrogen (secondary N) is 3. The van der Waals surface area contributed by atoms with E-state index in [1.54, 1.807) is 24.3 Å². The molecule has 5 rings (SSSR count). The van der Waals surface area contributed by atoms with Crippen molar-refractivity contribution in [3.63, 3.8) is 0 Å². The average Bonchev–Trinajstić information content (AvgIpc) is 3.39. The minimum absolute atomic E-state index is 0.189. The van der Waals surface area contributed by atoms with Crippen LogP contribution in [0.1, 0.15) is 48.7 Å². The smallest absolute Gasteiger partial charge is 0.255 e. The minimum atomic E-state index is -3.62. The summed E-state index contributed by atoms with van der Waals surface area (Å²) in [5.74, 6) is 0.861. The van der Waals surface area contributed by atoms with Crippen molar-refractivity contribution >= 4 is 55.7 Å². The van der Waals surface area contributed by atoms with Crippen LogP contribution in [-0.2, 0) is 15.4 Å². The fourth-order valence-electron chi connectivity index (χ4n) is 4.99. The number of benzene rings is 2. The van der Waals surface area contributed by atoms with Gasteiger partial charge in [-0.3, -0.25) is 9.52 Å². The van der Waals surface area contributed by atoms with Crippen molar-refractivity contribution in [2.75, 3.05) is 46.7 Å². The van der Waals surface area contributed by atoms with E-state index >= 15 is 0 Å². The van der Waals surface area contributed by atoms with E-state index in [1.165, 1.54) is 13.4 Å². The molecule has 2 aromatic carbocycles. The molecule has 4 aromatic rings. The summed E-state index contributed by atoms with van der Waals surface area (Å²) in [5, 5.41) is 6.20. The Morgan fingerprint density at radius 2 is 1.82 bits per heavy atom. The largest absolute Gasteiger partial charge is 0.492 e. The highest BCUT2D eigenvalue weighted by Crippen LogP contribution is 2.39. The number of nitrogens with zero attached hydrogens (tertiary/aromatic N) is 4. The van der Waals surface area contributed by atoms with E-state index in [0.717, 1.165) is 17.4 Å². The number of sulfonamides is 1. The summed E-state index contributed by atoms with van der Waals surface area (Å²) < 4.78 is 46.1. The first-order valence-electron chi connectivity index (χ1n) is 14.1. The van der Waals surface area contributed by atoms with Gasteiger partial charge in [-0.25, -0.2) is 27.8 Å². The number of hydrogen-bond acceptors (Lipinski definition) is 9. The Kier molecular flexibility index (Phi) is 8.34. The molecule has 11 nitrogen and oxygen atoms in total. The molecule has 0 spiro atoms. The fourth-order valence-corrected chi connectivity index (χ4v) is 5.54. The number of amides is 1. The molecule has 1 aliphatic rings. The van der Waals surface area contributed by atoms with Crippen LogP contribution < -0.4 is 25.0 Å². The highest BCUT2D eigenvalue weighted by Gasteiger charge is 2.24. The summed E-state index contributed by atoms with van der Waals surface area (Å²) in [6.07, 6.45) is 2.07. The molecule has 1 aliphatic heterocycles. The van der Waals surface area contributed by atoms with Gasteiger partial charge in [-0.05, 0) is 66.3 Å². The lowest BCUT2D eigenvalue weighted by molar-refractivity contribution is 0.102. The molecule has 1 saturated heterocycles. The van der Waals surface area contributed by atoms with Crippen LogP contribution in [0.15, 0.2) is 48.8 Å². The van der Waals surface area contributed by atoms with Gasteiger partial charge >= 0.3 is 0 Å². The number of aryl methyl sites for hydroxylation is 1. The Hall–Kier alpha value is -4.52. The molecule has 1 amide bonds. The Morgan fingerprint density at radius 3 is 2.48 bits per heavy atom. The number of alkyl halides is 1. The maximum absolute atomic E-state index is 13.9. The molecule has 3 heterocycles. The quantitative estimate of drug-likeness (QED) is 0.231. The maximum atomic E-state index is 13.9. The molecule has 0 unspecified atom stereocenters. The predicted molar refractivity (Wildman–Crippen MR) is 172 cm³/mol. The van der Waals surface area contributed by atoms with Crippen molar-refractivity contribution in [3.8, 4) is 5.75 Å². The Balaban J connectivity index is 1.47. The topological polar surface area (TPSA) is 138 Å². The number of pyridine rings is 1. The van der Waals surface area contributed by atoms with Gasteiger partial charge in [-0.15, -0.1) is 0 Å². The molecule has 0 bridgehead atoms. The van der Waals surface area contributed by atoms with Gasteiger partial charge in [0.25, 0.3) is 5.91 Å². The second kappa shape index (κ2) is 11.9. The molecule has 232 valence electrons. The zero-order chi connectivity index (χ0) is 31.8. The predicted octanol–water partition coefficient (Wildman–Crippen LogP) is 5.55. The van der Waals surface area contributed by atoms with Crippen LogP contribution >= 0.6 is 0 Å². The van der Waals surface area contributed by atoms with Crippen LogP contribution in [0.3, 0.4) is 0 Å². The van der Waals surface area contributed by atoms with Gasteiger partial charge in [0.2, 0.25) is 10.0 Å². The van der Waals surface area contributed by atoms with Crippen molar-refractivity contribution in [2.45, 2.75) is 45.7 Å². The highest BCUT2D eigenvalue weighted by atomic mass is 32.2. The van der Waals surface area contributed by atoms with E-state index in [1.807, 2.05) is 50.8 Å². The first-order valence-corrected chi connectivity index (χ1v) is 16.0. The number of ether oxygens (including phenoxy) is 1. The zero-order valence-electron chi connectivity index (χ0n) is 25.5. The van der Waals surface area contributed by atoms with Crippen molar-refractivity contribution in [3.05, 3.63) is 65.5 Å². The number of halogens is 1. The Morgan fingerprint density at radius 1 is 1.07 bits per heavy atom. The van der Waals surface area contributed by atoms with Gasteiger partial charge in [0.15, 0.2) is 11.6 Å². The van der Waals surface area contributed by atoms with E-state index in [-0.39, 0.29) is 16.9 Å². The SMILES string of the molecule is COc1c(NC(=O)c2ccc(C)c(Nc3ncnc4ccc(N5CC[C@@H](F)C5)nc34)c2)cc(C(C)(C)C)cc1NS(C)(=O)=O. The van der Waals surface area contributed by atoms with E-state index in [0.29, 0.717) is 59.1 Å². The van der Waals surface area contributed by atoms with Gasteiger partial charge in [0.05, 0.1) is 36.8 Å². The lowest BCUT2D eigenvalue weighted by atomic mass is 9.86. The normalized spacial score (nSPS) is 15.3. The third kappa shape index (κ3) is 6.83. The van der Waals surface area contributed by atoms with Gasteiger partial charge in [0, 0.05) is 17.8 Å². The van der Waals surface area contributed by atoms with E-state index in [2.05, 4.69) is 25.3 Å². The third-order valence-corrected chi connectivity index (χ3v) is 7.97. The molecular weight excluding hydrogens is 585 g/mol. The van der Waals surface area contributed by atoms with Crippen molar-refractivity contribution in [1.82, 2.24) is 15.0 Å². The van der Waals surface area contributed by atoms with Gasteiger partial charge in [-0.2, -0.15) is 0 Å². The van der Waals surface area contributed by atoms with Gasteiger partial charge < -0.3 is 20.3 Å². The number of anilines is 5. The van der Waals surface area contributed by atoms with Crippen molar-refractivity contribution in [1.29, 1.82) is 0 Å². The van der Waals surface area contributed by atoms with Crippen molar-refractivity contribution in [2.24, 2.45) is 0 Å². The molecule has 1 fully saturated rings. The number of methoxy groups -OCH3 is 1. The lowest BCUT2D eigenvalue weighted by Gasteiger charge is -2.24. The fraction of sp³-hybridized carbons (Fsp3) is 0.355. The van der Waals surface area contributed by atoms with Crippen molar-refractivity contribution < 1.29 is 22.3 Å². The van der Waals surface area contributed by atoms with E-state index in [9.17, 15) is 17.6 Å².